The van der Waals surface area contributed by atoms with Crippen molar-refractivity contribution in [2.45, 2.75) is 6.61 Å². The molecule has 0 fully saturated rings. The molecule has 0 N–H and O–H groups in total. The van der Waals surface area contributed by atoms with E-state index in [1.807, 2.05) is 12.1 Å². The van der Waals surface area contributed by atoms with E-state index in [4.69, 9.17) is 4.74 Å². The molecule has 2 aromatic carbocycles. The van der Waals surface area contributed by atoms with Crippen molar-refractivity contribution in [3.8, 4) is 5.75 Å². The predicted octanol–water partition coefficient (Wildman–Crippen LogP) is 3.22. The summed E-state index contributed by atoms with van der Waals surface area (Å²) < 4.78 is 18.1. The van der Waals surface area contributed by atoms with E-state index in [0.717, 1.165) is 11.8 Å². The highest BCUT2D eigenvalue weighted by Gasteiger charge is 1.97. The number of carbonyl (C=O) groups excluding carboxylic acids is 1. The van der Waals surface area contributed by atoms with Gasteiger partial charge in [0.15, 0.2) is 0 Å². The van der Waals surface area contributed by atoms with Gasteiger partial charge in [-0.15, -0.1) is 0 Å². The third-order valence-corrected chi connectivity index (χ3v) is 2.33. The molecule has 2 nitrogen and oxygen atoms in total. The van der Waals surface area contributed by atoms with Gasteiger partial charge in [-0.05, 0) is 29.8 Å². The van der Waals surface area contributed by atoms with Crippen LogP contribution >= 0.6 is 0 Å². The van der Waals surface area contributed by atoms with Gasteiger partial charge in [-0.1, -0.05) is 24.3 Å². The van der Waals surface area contributed by atoms with Gasteiger partial charge in [0.25, 0.3) is 0 Å². The lowest BCUT2D eigenvalue weighted by molar-refractivity contribution is 0.112. The SMILES string of the molecule is O=Cc1ccc(COc2ccc(F)cc2)cc1. The monoisotopic (exact) mass is 230 g/mol. The van der Waals surface area contributed by atoms with Crippen molar-refractivity contribution in [2.24, 2.45) is 0 Å². The number of benzene rings is 2. The van der Waals surface area contributed by atoms with Crippen LogP contribution in [0.25, 0.3) is 0 Å². The number of hydrogen-bond acceptors (Lipinski definition) is 2. The summed E-state index contributed by atoms with van der Waals surface area (Å²) in [7, 11) is 0. The molecule has 0 aromatic heterocycles. The predicted molar refractivity (Wildman–Crippen MR) is 62.6 cm³/mol. The summed E-state index contributed by atoms with van der Waals surface area (Å²) >= 11 is 0. The molecule has 0 aliphatic carbocycles. The van der Waals surface area contributed by atoms with E-state index >= 15 is 0 Å². The van der Waals surface area contributed by atoms with Gasteiger partial charge in [-0.2, -0.15) is 0 Å². The van der Waals surface area contributed by atoms with Gasteiger partial charge in [0.1, 0.15) is 24.5 Å². The fourth-order valence-electron chi connectivity index (χ4n) is 1.39. The Balaban J connectivity index is 1.97. The van der Waals surface area contributed by atoms with Gasteiger partial charge in [0.05, 0.1) is 0 Å². The summed E-state index contributed by atoms with van der Waals surface area (Å²) in [5, 5.41) is 0. The molecule has 0 atom stereocenters. The molecule has 0 spiro atoms. The van der Waals surface area contributed by atoms with Gasteiger partial charge in [-0.3, -0.25) is 4.79 Å². The van der Waals surface area contributed by atoms with E-state index in [1.165, 1.54) is 12.1 Å². The smallest absolute Gasteiger partial charge is 0.150 e. The average Bonchev–Trinajstić information content (AvgIpc) is 2.39. The van der Waals surface area contributed by atoms with Gasteiger partial charge in [-0.25, -0.2) is 4.39 Å². The zero-order valence-electron chi connectivity index (χ0n) is 9.10. The summed E-state index contributed by atoms with van der Waals surface area (Å²) in [5.41, 5.74) is 1.59. The Morgan fingerprint density at radius 1 is 1.00 bits per heavy atom. The number of aldehydes is 1. The molecule has 17 heavy (non-hydrogen) atoms. The Hall–Kier alpha value is -2.16. The summed E-state index contributed by atoms with van der Waals surface area (Å²) in [4.78, 5) is 10.5. The number of carbonyl (C=O) groups is 1. The summed E-state index contributed by atoms with van der Waals surface area (Å²) in [6.45, 7) is 0.394. The van der Waals surface area contributed by atoms with E-state index in [-0.39, 0.29) is 5.82 Å². The maximum Gasteiger partial charge on any atom is 0.150 e. The number of halogens is 1. The van der Waals surface area contributed by atoms with Crippen LogP contribution in [0, 0.1) is 5.82 Å². The molecule has 0 bridgehead atoms. The lowest BCUT2D eigenvalue weighted by atomic mass is 10.2. The molecular formula is C14H11FO2. The lowest BCUT2D eigenvalue weighted by Crippen LogP contribution is -1.95. The van der Waals surface area contributed by atoms with Crippen molar-refractivity contribution in [3.05, 3.63) is 65.5 Å². The zero-order valence-corrected chi connectivity index (χ0v) is 9.10. The minimum atomic E-state index is -0.285. The van der Waals surface area contributed by atoms with Crippen molar-refractivity contribution >= 4 is 6.29 Å². The highest BCUT2D eigenvalue weighted by molar-refractivity contribution is 5.74. The highest BCUT2D eigenvalue weighted by Crippen LogP contribution is 2.13. The molecule has 0 saturated heterocycles. The first-order chi connectivity index (χ1) is 8.28. The molecular weight excluding hydrogens is 219 g/mol. The standard InChI is InChI=1S/C14H11FO2/c15-13-5-7-14(8-6-13)17-10-12-3-1-11(9-16)2-4-12/h1-9H,10H2. The van der Waals surface area contributed by atoms with Gasteiger partial charge < -0.3 is 4.74 Å². The summed E-state index contributed by atoms with van der Waals surface area (Å²) in [5.74, 6) is 0.332. The second-order valence-corrected chi connectivity index (χ2v) is 3.60. The molecule has 0 radical (unpaired) electrons. The summed E-state index contributed by atoms with van der Waals surface area (Å²) in [6, 6.07) is 13.0. The van der Waals surface area contributed by atoms with Crippen molar-refractivity contribution in [1.82, 2.24) is 0 Å². The third-order valence-electron chi connectivity index (χ3n) is 2.33. The van der Waals surface area contributed by atoms with E-state index in [9.17, 15) is 9.18 Å². The molecule has 0 aliphatic heterocycles. The Bertz CT molecular complexity index is 489. The van der Waals surface area contributed by atoms with Crippen LogP contribution in [0.5, 0.6) is 5.75 Å². The third kappa shape index (κ3) is 3.14. The van der Waals surface area contributed by atoms with Crippen molar-refractivity contribution < 1.29 is 13.9 Å². The molecule has 0 saturated carbocycles. The van der Waals surface area contributed by atoms with Crippen LogP contribution in [0.3, 0.4) is 0 Å². The van der Waals surface area contributed by atoms with E-state index in [2.05, 4.69) is 0 Å². The second kappa shape index (κ2) is 5.25. The number of rotatable bonds is 4. The van der Waals surface area contributed by atoms with E-state index < -0.39 is 0 Å². The Labute approximate surface area is 98.7 Å². The van der Waals surface area contributed by atoms with Gasteiger partial charge in [0, 0.05) is 5.56 Å². The van der Waals surface area contributed by atoms with E-state index in [0.29, 0.717) is 17.9 Å². The molecule has 86 valence electrons. The first kappa shape index (κ1) is 11.3. The Morgan fingerprint density at radius 2 is 1.65 bits per heavy atom. The Kier molecular flexibility index (Phi) is 3.50. The van der Waals surface area contributed by atoms with Crippen molar-refractivity contribution in [2.75, 3.05) is 0 Å². The first-order valence-electron chi connectivity index (χ1n) is 5.20. The molecule has 3 heteroatoms. The lowest BCUT2D eigenvalue weighted by Gasteiger charge is -2.06. The molecule has 2 rings (SSSR count). The number of ether oxygens (including phenoxy) is 1. The fraction of sp³-hybridized carbons (Fsp3) is 0.0714. The molecule has 0 aliphatic rings. The average molecular weight is 230 g/mol. The van der Waals surface area contributed by atoms with Crippen LogP contribution in [-0.2, 0) is 6.61 Å². The molecule has 0 unspecified atom stereocenters. The quantitative estimate of drug-likeness (QED) is 0.754. The topological polar surface area (TPSA) is 26.3 Å². The largest absolute Gasteiger partial charge is 0.489 e. The van der Waals surface area contributed by atoms with Crippen LogP contribution in [0.1, 0.15) is 15.9 Å². The highest BCUT2D eigenvalue weighted by atomic mass is 19.1. The van der Waals surface area contributed by atoms with Crippen LogP contribution in [-0.4, -0.2) is 6.29 Å². The Morgan fingerprint density at radius 3 is 2.24 bits per heavy atom. The van der Waals surface area contributed by atoms with Crippen LogP contribution in [0.15, 0.2) is 48.5 Å². The van der Waals surface area contributed by atoms with Crippen molar-refractivity contribution in [1.29, 1.82) is 0 Å². The second-order valence-electron chi connectivity index (χ2n) is 3.60. The van der Waals surface area contributed by atoms with Crippen molar-refractivity contribution in [3.63, 3.8) is 0 Å². The minimum Gasteiger partial charge on any atom is -0.489 e. The van der Waals surface area contributed by atoms with Gasteiger partial charge >= 0.3 is 0 Å². The molecule has 0 amide bonds. The molecule has 2 aromatic rings. The summed E-state index contributed by atoms with van der Waals surface area (Å²) in [6.07, 6.45) is 0.796. The normalized spacial score (nSPS) is 9.94. The maximum absolute atomic E-state index is 12.6. The van der Waals surface area contributed by atoms with Gasteiger partial charge in [0.2, 0.25) is 0 Å². The zero-order chi connectivity index (χ0) is 12.1. The van der Waals surface area contributed by atoms with Crippen LogP contribution < -0.4 is 4.74 Å². The van der Waals surface area contributed by atoms with E-state index in [1.54, 1.807) is 24.3 Å². The maximum atomic E-state index is 12.6. The van der Waals surface area contributed by atoms with Crippen LogP contribution in [0.2, 0.25) is 0 Å². The molecule has 0 heterocycles. The first-order valence-corrected chi connectivity index (χ1v) is 5.20. The minimum absolute atomic E-state index is 0.285. The number of hydrogen-bond donors (Lipinski definition) is 0. The van der Waals surface area contributed by atoms with Crippen LogP contribution in [0.4, 0.5) is 4.39 Å². The fourth-order valence-corrected chi connectivity index (χ4v) is 1.39.